The van der Waals surface area contributed by atoms with Crippen LogP contribution in [0.3, 0.4) is 0 Å². The highest BCUT2D eigenvalue weighted by Crippen LogP contribution is 2.11. The topological polar surface area (TPSA) is 56.4 Å². The maximum atomic E-state index is 11.3. The normalized spacial score (nSPS) is 26.4. The molecule has 2 saturated heterocycles. The summed E-state index contributed by atoms with van der Waals surface area (Å²) in [6.45, 7) is 4.89. The number of rotatable bonds is 5. The number of nitrogens with one attached hydrogen (secondary N) is 3. The third kappa shape index (κ3) is 4.23. The molecule has 18 heavy (non-hydrogen) atoms. The molecule has 2 aliphatic rings. The first-order chi connectivity index (χ1) is 8.78. The lowest BCUT2D eigenvalue weighted by Gasteiger charge is -2.32. The number of hydrogen-bond donors (Lipinski definition) is 3. The second kappa shape index (κ2) is 7.07. The summed E-state index contributed by atoms with van der Waals surface area (Å²) in [5.74, 6) is 0.122. The van der Waals surface area contributed by atoms with Crippen LogP contribution < -0.4 is 16.0 Å². The van der Waals surface area contributed by atoms with Crippen molar-refractivity contribution in [3.63, 3.8) is 0 Å². The van der Waals surface area contributed by atoms with Gasteiger partial charge in [-0.25, -0.2) is 0 Å². The van der Waals surface area contributed by atoms with Crippen molar-refractivity contribution in [3.8, 4) is 0 Å². The minimum atomic E-state index is 0.122. The Bertz CT molecular complexity index is 258. The third-order valence-electron chi connectivity index (χ3n) is 4.05. The lowest BCUT2D eigenvalue weighted by atomic mass is 10.0. The van der Waals surface area contributed by atoms with Gasteiger partial charge in [-0.2, -0.15) is 0 Å². The minimum Gasteiger partial charge on any atom is -0.358 e. The number of carbonyl (C=O) groups is 1. The summed E-state index contributed by atoms with van der Waals surface area (Å²) in [7, 11) is 1.70. The molecule has 5 nitrogen and oxygen atoms in total. The second-order valence-electron chi connectivity index (χ2n) is 5.43. The first-order valence-electron chi connectivity index (χ1n) is 7.17. The minimum absolute atomic E-state index is 0.122. The van der Waals surface area contributed by atoms with Crippen LogP contribution in [0.25, 0.3) is 0 Å². The highest BCUT2D eigenvalue weighted by atomic mass is 16.1. The van der Waals surface area contributed by atoms with E-state index in [-0.39, 0.29) is 5.91 Å². The summed E-state index contributed by atoms with van der Waals surface area (Å²) in [4.78, 5) is 13.5. The molecule has 0 aromatic carbocycles. The van der Waals surface area contributed by atoms with E-state index >= 15 is 0 Å². The zero-order valence-corrected chi connectivity index (χ0v) is 11.4. The van der Waals surface area contributed by atoms with Crippen LogP contribution in [0.15, 0.2) is 0 Å². The molecule has 1 unspecified atom stereocenters. The highest BCUT2D eigenvalue weighted by Gasteiger charge is 2.21. The fourth-order valence-corrected chi connectivity index (χ4v) is 2.82. The largest absolute Gasteiger partial charge is 0.358 e. The van der Waals surface area contributed by atoms with Crippen molar-refractivity contribution in [1.29, 1.82) is 0 Å². The molecule has 2 aliphatic heterocycles. The maximum absolute atomic E-state index is 11.3. The summed E-state index contributed by atoms with van der Waals surface area (Å²) in [6, 6.07) is 1.31. The van der Waals surface area contributed by atoms with Gasteiger partial charge in [0.05, 0.1) is 6.54 Å². The van der Waals surface area contributed by atoms with E-state index in [1.165, 1.54) is 19.4 Å². The first kappa shape index (κ1) is 13.8. The lowest BCUT2D eigenvalue weighted by molar-refractivity contribution is -0.122. The van der Waals surface area contributed by atoms with Crippen molar-refractivity contribution in [2.75, 3.05) is 39.8 Å². The molecule has 2 rings (SSSR count). The Kier molecular flexibility index (Phi) is 5.41. The molecule has 0 radical (unpaired) electrons. The van der Waals surface area contributed by atoms with E-state index in [0.29, 0.717) is 18.6 Å². The van der Waals surface area contributed by atoms with Crippen molar-refractivity contribution < 1.29 is 4.79 Å². The Hall–Kier alpha value is -0.650. The molecule has 2 heterocycles. The molecule has 1 atom stereocenters. The number of carbonyl (C=O) groups excluding carboxylic acids is 1. The molecular weight excluding hydrogens is 228 g/mol. The summed E-state index contributed by atoms with van der Waals surface area (Å²) in [5, 5.41) is 9.86. The highest BCUT2D eigenvalue weighted by molar-refractivity contribution is 5.77. The fourth-order valence-electron chi connectivity index (χ4n) is 2.82. The van der Waals surface area contributed by atoms with E-state index in [1.54, 1.807) is 7.05 Å². The number of piperidine rings is 1. The summed E-state index contributed by atoms with van der Waals surface area (Å²) >= 11 is 0. The molecule has 2 fully saturated rings. The van der Waals surface area contributed by atoms with Crippen LogP contribution >= 0.6 is 0 Å². The molecule has 0 spiro atoms. The van der Waals surface area contributed by atoms with Gasteiger partial charge in [0.25, 0.3) is 0 Å². The Morgan fingerprint density at radius 2 is 2.11 bits per heavy atom. The zero-order chi connectivity index (χ0) is 12.8. The average Bonchev–Trinajstić information content (AvgIpc) is 2.91. The van der Waals surface area contributed by atoms with Crippen molar-refractivity contribution in [2.45, 2.75) is 37.8 Å². The molecule has 0 aliphatic carbocycles. The van der Waals surface area contributed by atoms with Crippen molar-refractivity contribution in [3.05, 3.63) is 0 Å². The van der Waals surface area contributed by atoms with Crippen LogP contribution in [0.2, 0.25) is 0 Å². The predicted molar refractivity (Wildman–Crippen MR) is 72.6 cm³/mol. The Labute approximate surface area is 110 Å². The lowest BCUT2D eigenvalue weighted by Crippen LogP contribution is -2.47. The zero-order valence-electron chi connectivity index (χ0n) is 11.4. The van der Waals surface area contributed by atoms with Gasteiger partial charge < -0.3 is 16.0 Å². The monoisotopic (exact) mass is 254 g/mol. The number of likely N-dealkylation sites (tertiary alicyclic amines) is 1. The molecule has 0 aromatic heterocycles. The van der Waals surface area contributed by atoms with Gasteiger partial charge in [-0.3, -0.25) is 9.69 Å². The molecular formula is C13H26N4O. The van der Waals surface area contributed by atoms with Crippen LogP contribution in [0.1, 0.15) is 25.7 Å². The molecule has 5 heteroatoms. The van der Waals surface area contributed by atoms with Gasteiger partial charge in [0, 0.05) is 38.8 Å². The van der Waals surface area contributed by atoms with E-state index < -0.39 is 0 Å². The predicted octanol–water partition coefficient (Wildman–Crippen LogP) is -0.462. The molecule has 0 aromatic rings. The Morgan fingerprint density at radius 1 is 1.33 bits per heavy atom. The van der Waals surface area contributed by atoms with Gasteiger partial charge in [0.1, 0.15) is 0 Å². The standard InChI is InChI=1S/C13H26N4O/c1-14-13(18)10-17-7-4-11(5-8-17)16-9-12-3-2-6-15-12/h11-12,15-16H,2-10H2,1H3,(H,14,18). The number of amides is 1. The number of likely N-dealkylation sites (N-methyl/N-ethyl adjacent to an activating group) is 1. The summed E-state index contributed by atoms with van der Waals surface area (Å²) < 4.78 is 0. The van der Waals surface area contributed by atoms with Crippen molar-refractivity contribution in [2.24, 2.45) is 0 Å². The number of hydrogen-bond acceptors (Lipinski definition) is 4. The van der Waals surface area contributed by atoms with Crippen molar-refractivity contribution >= 4 is 5.91 Å². The van der Waals surface area contributed by atoms with Crippen LogP contribution in [0, 0.1) is 0 Å². The van der Waals surface area contributed by atoms with E-state index in [0.717, 1.165) is 32.5 Å². The van der Waals surface area contributed by atoms with Crippen LogP contribution in [0.4, 0.5) is 0 Å². The van der Waals surface area contributed by atoms with Crippen LogP contribution in [-0.2, 0) is 4.79 Å². The first-order valence-corrected chi connectivity index (χ1v) is 7.17. The van der Waals surface area contributed by atoms with E-state index in [4.69, 9.17) is 0 Å². The third-order valence-corrected chi connectivity index (χ3v) is 4.05. The molecule has 3 N–H and O–H groups in total. The molecule has 1 amide bonds. The van der Waals surface area contributed by atoms with Crippen LogP contribution in [-0.4, -0.2) is 62.7 Å². The van der Waals surface area contributed by atoms with Gasteiger partial charge in [-0.1, -0.05) is 0 Å². The van der Waals surface area contributed by atoms with Gasteiger partial charge >= 0.3 is 0 Å². The van der Waals surface area contributed by atoms with Gasteiger partial charge in [-0.15, -0.1) is 0 Å². The molecule has 104 valence electrons. The van der Waals surface area contributed by atoms with E-state index in [9.17, 15) is 4.79 Å². The second-order valence-corrected chi connectivity index (χ2v) is 5.43. The summed E-state index contributed by atoms with van der Waals surface area (Å²) in [6.07, 6.45) is 4.94. The Balaban J connectivity index is 1.59. The number of nitrogens with zero attached hydrogens (tertiary/aromatic N) is 1. The van der Waals surface area contributed by atoms with Crippen LogP contribution in [0.5, 0.6) is 0 Å². The summed E-state index contributed by atoms with van der Waals surface area (Å²) in [5.41, 5.74) is 0. The maximum Gasteiger partial charge on any atom is 0.233 e. The van der Waals surface area contributed by atoms with Gasteiger partial charge in [0.15, 0.2) is 0 Å². The van der Waals surface area contributed by atoms with Crippen molar-refractivity contribution in [1.82, 2.24) is 20.9 Å². The molecule has 0 bridgehead atoms. The quantitative estimate of drug-likeness (QED) is 0.621. The van der Waals surface area contributed by atoms with Gasteiger partial charge in [0.2, 0.25) is 5.91 Å². The average molecular weight is 254 g/mol. The SMILES string of the molecule is CNC(=O)CN1CCC(NCC2CCCN2)CC1. The van der Waals surface area contributed by atoms with E-state index in [1.807, 2.05) is 0 Å². The Morgan fingerprint density at radius 3 is 2.72 bits per heavy atom. The van der Waals surface area contributed by atoms with Gasteiger partial charge in [-0.05, 0) is 32.2 Å². The van der Waals surface area contributed by atoms with E-state index in [2.05, 4.69) is 20.9 Å². The smallest absolute Gasteiger partial charge is 0.233 e. The fraction of sp³-hybridized carbons (Fsp3) is 0.923. The molecule has 0 saturated carbocycles.